The van der Waals surface area contributed by atoms with Crippen molar-refractivity contribution in [1.29, 1.82) is 0 Å². The summed E-state index contributed by atoms with van der Waals surface area (Å²) in [5.41, 5.74) is 0.423. The van der Waals surface area contributed by atoms with Gasteiger partial charge in [0.05, 0.1) is 6.61 Å². The van der Waals surface area contributed by atoms with Crippen LogP contribution in [0.4, 0.5) is 0 Å². The van der Waals surface area contributed by atoms with Crippen molar-refractivity contribution >= 4 is 0 Å². The Bertz CT molecular complexity index is 202. The summed E-state index contributed by atoms with van der Waals surface area (Å²) in [7, 11) is 1.59. The molecule has 0 unspecified atom stereocenters. The lowest BCUT2D eigenvalue weighted by atomic mass is 9.86. The van der Waals surface area contributed by atoms with E-state index in [0.29, 0.717) is 6.61 Å². The number of hydrogen-bond donors (Lipinski definition) is 1. The Morgan fingerprint density at radius 1 is 1.77 bits per heavy atom. The van der Waals surface area contributed by atoms with Gasteiger partial charge in [-0.15, -0.1) is 0 Å². The van der Waals surface area contributed by atoms with Crippen molar-refractivity contribution in [1.82, 2.24) is 0 Å². The molecule has 1 rings (SSSR count). The highest BCUT2D eigenvalue weighted by Crippen LogP contribution is 2.37. The van der Waals surface area contributed by atoms with Crippen molar-refractivity contribution in [3.63, 3.8) is 0 Å². The molecule has 0 aromatic carbocycles. The van der Waals surface area contributed by atoms with E-state index < -0.39 is 11.7 Å². The smallest absolute Gasteiger partial charge is 0.118 e. The average Bonchev–Trinajstić information content (AvgIpc) is 2.43. The third-order valence-electron chi connectivity index (χ3n) is 2.82. The van der Waals surface area contributed by atoms with Crippen LogP contribution in [-0.4, -0.2) is 36.6 Å². The molecular weight excluding hydrogens is 168 g/mol. The molecule has 0 amide bonds. The summed E-state index contributed by atoms with van der Waals surface area (Å²) in [5, 5.41) is 9.61. The summed E-state index contributed by atoms with van der Waals surface area (Å²) in [4.78, 5) is 0. The van der Waals surface area contributed by atoms with Crippen LogP contribution in [-0.2, 0) is 9.47 Å². The van der Waals surface area contributed by atoms with Crippen molar-refractivity contribution in [3.05, 3.63) is 12.2 Å². The van der Waals surface area contributed by atoms with Crippen molar-refractivity contribution in [2.75, 3.05) is 13.7 Å². The van der Waals surface area contributed by atoms with Gasteiger partial charge in [-0.3, -0.25) is 0 Å². The summed E-state index contributed by atoms with van der Waals surface area (Å²) in [6.45, 7) is 8.15. The first-order valence-electron chi connectivity index (χ1n) is 4.59. The van der Waals surface area contributed by atoms with Crippen molar-refractivity contribution in [2.24, 2.45) is 0 Å². The lowest BCUT2D eigenvalue weighted by molar-refractivity contribution is -0.0603. The van der Waals surface area contributed by atoms with Gasteiger partial charge in [0.1, 0.15) is 17.8 Å². The third kappa shape index (κ3) is 1.52. The highest BCUT2D eigenvalue weighted by molar-refractivity contribution is 5.18. The van der Waals surface area contributed by atoms with Crippen LogP contribution in [0.15, 0.2) is 12.2 Å². The molecule has 1 aliphatic heterocycles. The first-order chi connectivity index (χ1) is 6.08. The van der Waals surface area contributed by atoms with Crippen LogP contribution >= 0.6 is 0 Å². The van der Waals surface area contributed by atoms with Crippen molar-refractivity contribution < 1.29 is 14.6 Å². The summed E-state index contributed by atoms with van der Waals surface area (Å²) in [5.74, 6) is 0. The van der Waals surface area contributed by atoms with Gasteiger partial charge in [-0.2, -0.15) is 0 Å². The number of methoxy groups -OCH3 is 1. The van der Waals surface area contributed by atoms with E-state index in [-0.39, 0.29) is 6.10 Å². The monoisotopic (exact) mass is 186 g/mol. The molecule has 1 heterocycles. The van der Waals surface area contributed by atoms with Gasteiger partial charge in [0.25, 0.3) is 0 Å². The number of ether oxygens (including phenoxy) is 2. The Morgan fingerprint density at radius 2 is 2.38 bits per heavy atom. The van der Waals surface area contributed by atoms with Crippen LogP contribution in [0, 0.1) is 0 Å². The van der Waals surface area contributed by atoms with E-state index in [9.17, 15) is 5.11 Å². The molecule has 0 aromatic rings. The van der Waals surface area contributed by atoms with Gasteiger partial charge in [-0.05, 0) is 18.9 Å². The highest BCUT2D eigenvalue weighted by atomic mass is 16.6. The largest absolute Gasteiger partial charge is 0.388 e. The lowest BCUT2D eigenvalue weighted by Crippen LogP contribution is -2.44. The van der Waals surface area contributed by atoms with Gasteiger partial charge < -0.3 is 14.6 Å². The van der Waals surface area contributed by atoms with Gasteiger partial charge >= 0.3 is 0 Å². The van der Waals surface area contributed by atoms with E-state index in [2.05, 4.69) is 6.58 Å². The predicted octanol–water partition coefficient (Wildman–Crippen LogP) is 1.12. The fourth-order valence-electron chi connectivity index (χ4n) is 2.03. The van der Waals surface area contributed by atoms with Gasteiger partial charge in [0, 0.05) is 7.11 Å². The molecule has 0 bridgehead atoms. The molecule has 0 saturated carbocycles. The Balaban J connectivity index is 2.92. The number of rotatable bonds is 3. The van der Waals surface area contributed by atoms with E-state index >= 15 is 0 Å². The molecule has 1 aliphatic rings. The predicted molar refractivity (Wildman–Crippen MR) is 50.6 cm³/mol. The molecule has 1 saturated heterocycles. The molecule has 0 aromatic heterocycles. The molecule has 0 aliphatic carbocycles. The minimum absolute atomic E-state index is 0.282. The van der Waals surface area contributed by atoms with E-state index in [4.69, 9.17) is 9.47 Å². The number of aliphatic hydroxyl groups is 1. The first-order valence-corrected chi connectivity index (χ1v) is 4.59. The van der Waals surface area contributed by atoms with Gasteiger partial charge in [0.15, 0.2) is 0 Å². The minimum atomic E-state index is -0.540. The second kappa shape index (κ2) is 3.78. The van der Waals surface area contributed by atoms with Crippen LogP contribution in [0.25, 0.3) is 0 Å². The maximum atomic E-state index is 9.61. The molecule has 76 valence electrons. The van der Waals surface area contributed by atoms with Crippen molar-refractivity contribution in [2.45, 2.75) is 38.1 Å². The maximum absolute atomic E-state index is 9.61. The van der Waals surface area contributed by atoms with Crippen LogP contribution in [0.1, 0.15) is 20.3 Å². The van der Waals surface area contributed by atoms with E-state index in [1.54, 1.807) is 7.11 Å². The maximum Gasteiger partial charge on any atom is 0.118 e. The molecule has 0 spiro atoms. The molecule has 1 fully saturated rings. The topological polar surface area (TPSA) is 38.7 Å². The molecule has 0 radical (unpaired) electrons. The standard InChI is InChI=1S/C10H18O3/c1-5-10(7(2)3)9(12-4)8(11)6-13-10/h8-9,11H,2,5-6H2,1,3-4H3/t8-,9-,10-/m0/s1. The van der Waals surface area contributed by atoms with E-state index in [1.807, 2.05) is 13.8 Å². The summed E-state index contributed by atoms with van der Waals surface area (Å²) in [6, 6.07) is 0. The summed E-state index contributed by atoms with van der Waals surface area (Å²) in [6.07, 6.45) is -0.0469. The molecule has 3 atom stereocenters. The molecule has 3 nitrogen and oxygen atoms in total. The normalized spacial score (nSPS) is 39.4. The zero-order valence-electron chi connectivity index (χ0n) is 8.54. The fraction of sp³-hybridized carbons (Fsp3) is 0.800. The molecule has 13 heavy (non-hydrogen) atoms. The zero-order chi connectivity index (χ0) is 10.1. The van der Waals surface area contributed by atoms with Gasteiger partial charge in [-0.25, -0.2) is 0 Å². The zero-order valence-corrected chi connectivity index (χ0v) is 8.54. The summed E-state index contributed by atoms with van der Waals surface area (Å²) >= 11 is 0. The second-order valence-electron chi connectivity index (χ2n) is 3.56. The van der Waals surface area contributed by atoms with Gasteiger partial charge in [-0.1, -0.05) is 13.5 Å². The fourth-order valence-corrected chi connectivity index (χ4v) is 2.03. The number of hydrogen-bond acceptors (Lipinski definition) is 3. The van der Waals surface area contributed by atoms with Crippen LogP contribution < -0.4 is 0 Å². The lowest BCUT2D eigenvalue weighted by Gasteiger charge is -2.33. The van der Waals surface area contributed by atoms with Gasteiger partial charge in [0.2, 0.25) is 0 Å². The summed E-state index contributed by atoms with van der Waals surface area (Å²) < 4.78 is 10.8. The van der Waals surface area contributed by atoms with Crippen LogP contribution in [0.5, 0.6) is 0 Å². The Morgan fingerprint density at radius 3 is 2.69 bits per heavy atom. The van der Waals surface area contributed by atoms with E-state index in [0.717, 1.165) is 12.0 Å². The Kier molecular flexibility index (Phi) is 3.11. The number of aliphatic hydroxyl groups excluding tert-OH is 1. The molecular formula is C10H18O3. The first kappa shape index (κ1) is 10.7. The SMILES string of the molecule is C=C(C)[C@]1(CC)OC[C@H](O)[C@@H]1OC. The minimum Gasteiger partial charge on any atom is -0.388 e. The van der Waals surface area contributed by atoms with E-state index in [1.165, 1.54) is 0 Å². The third-order valence-corrected chi connectivity index (χ3v) is 2.82. The van der Waals surface area contributed by atoms with Crippen LogP contribution in [0.2, 0.25) is 0 Å². The average molecular weight is 186 g/mol. The van der Waals surface area contributed by atoms with Crippen LogP contribution in [0.3, 0.4) is 0 Å². The Hall–Kier alpha value is -0.380. The molecule has 1 N–H and O–H groups in total. The Labute approximate surface area is 79.3 Å². The quantitative estimate of drug-likeness (QED) is 0.671. The molecule has 3 heteroatoms. The highest BCUT2D eigenvalue weighted by Gasteiger charge is 2.49. The second-order valence-corrected chi connectivity index (χ2v) is 3.56. The van der Waals surface area contributed by atoms with Crippen molar-refractivity contribution in [3.8, 4) is 0 Å².